The Morgan fingerprint density at radius 2 is 1.67 bits per heavy atom. The van der Waals surface area contributed by atoms with E-state index in [-0.39, 0.29) is 11.8 Å². The molecule has 2 amide bonds. The summed E-state index contributed by atoms with van der Waals surface area (Å²) in [4.78, 5) is 29.5. The number of nitrogens with zero attached hydrogens (tertiary/aromatic N) is 2. The van der Waals surface area contributed by atoms with Crippen LogP contribution in [0.3, 0.4) is 0 Å². The Kier molecular flexibility index (Phi) is 5.24. The standard InChI is InChI=1S/C21H22Cl2N2O2/c1-13-19(26)24(12-14-9-10-15(22)16(23)11-14)17-7-5-6-8-18(17)25(13)20(27)21(2,3)4/h5-11,13H,12H2,1-4H3/t13-/m0/s1. The number of hydrogen-bond donors (Lipinski definition) is 0. The van der Waals surface area contributed by atoms with Crippen molar-refractivity contribution in [2.45, 2.75) is 40.3 Å². The second kappa shape index (κ2) is 7.17. The Bertz CT molecular complexity index is 905. The van der Waals surface area contributed by atoms with Crippen LogP contribution in [-0.2, 0) is 16.1 Å². The molecule has 1 aliphatic rings. The number of anilines is 2. The molecular weight excluding hydrogens is 383 g/mol. The number of para-hydroxylation sites is 2. The molecular formula is C21H22Cl2N2O2. The third-order valence-electron chi connectivity index (χ3n) is 4.63. The second-order valence-electron chi connectivity index (χ2n) is 7.76. The molecule has 0 spiro atoms. The van der Waals surface area contributed by atoms with E-state index in [1.807, 2.05) is 51.1 Å². The van der Waals surface area contributed by atoms with Gasteiger partial charge in [-0.15, -0.1) is 0 Å². The molecule has 0 fully saturated rings. The first-order valence-electron chi connectivity index (χ1n) is 8.79. The van der Waals surface area contributed by atoms with E-state index < -0.39 is 11.5 Å². The van der Waals surface area contributed by atoms with Gasteiger partial charge in [0, 0.05) is 5.41 Å². The summed E-state index contributed by atoms with van der Waals surface area (Å²) in [5.41, 5.74) is 1.73. The van der Waals surface area contributed by atoms with Gasteiger partial charge in [0.15, 0.2) is 0 Å². The molecule has 0 radical (unpaired) electrons. The third kappa shape index (κ3) is 3.69. The number of hydrogen-bond acceptors (Lipinski definition) is 2. The van der Waals surface area contributed by atoms with Crippen molar-refractivity contribution in [2.75, 3.05) is 9.80 Å². The van der Waals surface area contributed by atoms with Crippen LogP contribution in [0.25, 0.3) is 0 Å². The molecule has 0 aliphatic carbocycles. The van der Waals surface area contributed by atoms with Crippen molar-refractivity contribution in [3.63, 3.8) is 0 Å². The van der Waals surface area contributed by atoms with Gasteiger partial charge in [0.05, 0.1) is 28.0 Å². The molecule has 1 atom stereocenters. The molecule has 0 saturated heterocycles. The highest BCUT2D eigenvalue weighted by atomic mass is 35.5. The number of amides is 2. The van der Waals surface area contributed by atoms with Crippen LogP contribution in [0.1, 0.15) is 33.3 Å². The minimum atomic E-state index is -0.590. The first-order chi connectivity index (χ1) is 12.6. The number of rotatable bonds is 2. The fraction of sp³-hybridized carbons (Fsp3) is 0.333. The first kappa shape index (κ1) is 19.7. The maximum atomic E-state index is 13.2. The fourth-order valence-corrected chi connectivity index (χ4v) is 3.51. The van der Waals surface area contributed by atoms with E-state index in [1.54, 1.807) is 28.9 Å². The lowest BCUT2D eigenvalue weighted by Gasteiger charge is -2.42. The molecule has 27 heavy (non-hydrogen) atoms. The van der Waals surface area contributed by atoms with E-state index in [2.05, 4.69) is 0 Å². The summed E-state index contributed by atoms with van der Waals surface area (Å²) < 4.78 is 0. The summed E-state index contributed by atoms with van der Waals surface area (Å²) in [7, 11) is 0. The summed E-state index contributed by atoms with van der Waals surface area (Å²) in [6, 6.07) is 12.2. The summed E-state index contributed by atoms with van der Waals surface area (Å²) >= 11 is 12.1. The summed E-state index contributed by atoms with van der Waals surface area (Å²) in [5, 5.41) is 0.922. The molecule has 0 saturated carbocycles. The molecule has 3 rings (SSSR count). The Labute approximate surface area is 169 Å². The molecule has 1 heterocycles. The Morgan fingerprint density at radius 1 is 1.04 bits per heavy atom. The minimum absolute atomic E-state index is 0.0787. The maximum absolute atomic E-state index is 13.2. The Balaban J connectivity index is 2.04. The second-order valence-corrected chi connectivity index (χ2v) is 8.58. The van der Waals surface area contributed by atoms with Crippen LogP contribution in [0.5, 0.6) is 0 Å². The molecule has 1 aliphatic heterocycles. The number of carbonyl (C=O) groups is 2. The largest absolute Gasteiger partial charge is 0.304 e. The molecule has 6 heteroatoms. The van der Waals surface area contributed by atoms with Crippen LogP contribution in [-0.4, -0.2) is 17.9 Å². The number of carbonyl (C=O) groups excluding carboxylic acids is 2. The van der Waals surface area contributed by atoms with Gasteiger partial charge in [-0.05, 0) is 36.8 Å². The number of fused-ring (bicyclic) bond motifs is 1. The predicted molar refractivity (Wildman–Crippen MR) is 110 cm³/mol. The summed E-state index contributed by atoms with van der Waals surface area (Å²) in [6.07, 6.45) is 0. The van der Waals surface area contributed by atoms with Crippen molar-refractivity contribution in [1.82, 2.24) is 0 Å². The highest BCUT2D eigenvalue weighted by Crippen LogP contribution is 2.39. The lowest BCUT2D eigenvalue weighted by Crippen LogP contribution is -2.56. The number of benzene rings is 2. The molecule has 2 aromatic rings. The van der Waals surface area contributed by atoms with E-state index in [4.69, 9.17) is 23.2 Å². The molecule has 0 aromatic heterocycles. The molecule has 0 bridgehead atoms. The molecule has 0 N–H and O–H groups in total. The summed E-state index contributed by atoms with van der Waals surface area (Å²) in [6.45, 7) is 7.70. The highest BCUT2D eigenvalue weighted by molar-refractivity contribution is 6.42. The van der Waals surface area contributed by atoms with Gasteiger partial charge >= 0.3 is 0 Å². The van der Waals surface area contributed by atoms with Gasteiger partial charge < -0.3 is 4.90 Å². The first-order valence-corrected chi connectivity index (χ1v) is 9.55. The number of halogens is 2. The van der Waals surface area contributed by atoms with E-state index in [0.717, 1.165) is 11.3 Å². The predicted octanol–water partition coefficient (Wildman–Crippen LogP) is 5.31. The van der Waals surface area contributed by atoms with Gasteiger partial charge in [0.25, 0.3) is 0 Å². The average molecular weight is 405 g/mol. The minimum Gasteiger partial charge on any atom is -0.304 e. The van der Waals surface area contributed by atoms with Gasteiger partial charge in [-0.3, -0.25) is 14.5 Å². The van der Waals surface area contributed by atoms with Gasteiger partial charge in [-0.2, -0.15) is 0 Å². The zero-order valence-electron chi connectivity index (χ0n) is 15.8. The van der Waals surface area contributed by atoms with Crippen molar-refractivity contribution >= 4 is 46.4 Å². The van der Waals surface area contributed by atoms with E-state index in [0.29, 0.717) is 22.3 Å². The van der Waals surface area contributed by atoms with Gasteiger partial charge in [0.2, 0.25) is 11.8 Å². The monoisotopic (exact) mass is 404 g/mol. The smallest absolute Gasteiger partial charge is 0.250 e. The fourth-order valence-electron chi connectivity index (χ4n) is 3.19. The average Bonchev–Trinajstić information content (AvgIpc) is 2.61. The van der Waals surface area contributed by atoms with Crippen LogP contribution in [0.15, 0.2) is 42.5 Å². The van der Waals surface area contributed by atoms with E-state index >= 15 is 0 Å². The molecule has 0 unspecified atom stereocenters. The van der Waals surface area contributed by atoms with Crippen molar-refractivity contribution < 1.29 is 9.59 Å². The normalized spacial score (nSPS) is 17.1. The van der Waals surface area contributed by atoms with Crippen molar-refractivity contribution in [3.8, 4) is 0 Å². The van der Waals surface area contributed by atoms with Gasteiger partial charge in [0.1, 0.15) is 6.04 Å². The van der Waals surface area contributed by atoms with Crippen LogP contribution < -0.4 is 9.80 Å². The van der Waals surface area contributed by atoms with Crippen molar-refractivity contribution in [2.24, 2.45) is 5.41 Å². The molecule has 4 nitrogen and oxygen atoms in total. The lowest BCUT2D eigenvalue weighted by molar-refractivity contribution is -0.129. The summed E-state index contributed by atoms with van der Waals surface area (Å²) in [5.74, 6) is -0.206. The SMILES string of the molecule is C[C@H]1C(=O)N(Cc2ccc(Cl)c(Cl)c2)c2ccccc2N1C(=O)C(C)(C)C. The van der Waals surface area contributed by atoms with Gasteiger partial charge in [-0.25, -0.2) is 0 Å². The zero-order valence-corrected chi connectivity index (χ0v) is 17.3. The maximum Gasteiger partial charge on any atom is 0.250 e. The highest BCUT2D eigenvalue weighted by Gasteiger charge is 2.41. The molecule has 142 valence electrons. The third-order valence-corrected chi connectivity index (χ3v) is 5.37. The lowest BCUT2D eigenvalue weighted by atomic mass is 9.92. The van der Waals surface area contributed by atoms with Crippen LogP contribution in [0, 0.1) is 5.41 Å². The van der Waals surface area contributed by atoms with Gasteiger partial charge in [-0.1, -0.05) is 62.2 Å². The van der Waals surface area contributed by atoms with Crippen LogP contribution in [0.2, 0.25) is 10.0 Å². The van der Waals surface area contributed by atoms with Crippen LogP contribution >= 0.6 is 23.2 Å². The van der Waals surface area contributed by atoms with Crippen molar-refractivity contribution in [3.05, 3.63) is 58.1 Å². The van der Waals surface area contributed by atoms with Crippen molar-refractivity contribution in [1.29, 1.82) is 0 Å². The Hall–Kier alpha value is -2.04. The quantitative estimate of drug-likeness (QED) is 0.680. The topological polar surface area (TPSA) is 40.6 Å². The van der Waals surface area contributed by atoms with Crippen LogP contribution in [0.4, 0.5) is 11.4 Å². The Morgan fingerprint density at radius 3 is 2.26 bits per heavy atom. The zero-order chi connectivity index (χ0) is 19.9. The van der Waals surface area contributed by atoms with E-state index in [9.17, 15) is 9.59 Å². The van der Waals surface area contributed by atoms with E-state index in [1.165, 1.54) is 0 Å². The molecule has 2 aromatic carbocycles.